The topological polar surface area (TPSA) is 100 Å². The molecule has 4 rings (SSSR count). The van der Waals surface area contributed by atoms with Gasteiger partial charge in [-0.1, -0.05) is 23.7 Å². The first-order valence-electron chi connectivity index (χ1n) is 9.59. The summed E-state index contributed by atoms with van der Waals surface area (Å²) in [6.45, 7) is 2.35. The maximum atomic E-state index is 12.4. The molecule has 0 bridgehead atoms. The third-order valence-electron chi connectivity index (χ3n) is 4.86. The van der Waals surface area contributed by atoms with Gasteiger partial charge in [0.25, 0.3) is 0 Å². The van der Waals surface area contributed by atoms with Crippen LogP contribution in [0, 0.1) is 11.5 Å². The monoisotopic (exact) mass is 425 g/mol. The molecule has 0 spiro atoms. The van der Waals surface area contributed by atoms with Crippen LogP contribution in [0.25, 0.3) is 5.57 Å². The van der Waals surface area contributed by atoms with Crippen LogP contribution in [0.15, 0.2) is 36.7 Å². The van der Waals surface area contributed by atoms with Gasteiger partial charge in [-0.25, -0.2) is 4.98 Å². The molecule has 9 heteroatoms. The normalized spacial score (nSPS) is 16.3. The Bertz CT molecular complexity index is 999. The molecule has 2 aliphatic rings. The number of pyridine rings is 2. The second-order valence-corrected chi connectivity index (χ2v) is 7.49. The van der Waals surface area contributed by atoms with Crippen molar-refractivity contribution in [3.8, 4) is 11.9 Å². The second kappa shape index (κ2) is 9.11. The summed E-state index contributed by atoms with van der Waals surface area (Å²) in [4.78, 5) is 22.7. The lowest BCUT2D eigenvalue weighted by Crippen LogP contribution is -2.38. The van der Waals surface area contributed by atoms with E-state index in [9.17, 15) is 4.79 Å². The molecule has 0 unspecified atom stereocenters. The summed E-state index contributed by atoms with van der Waals surface area (Å²) < 4.78 is 10.8. The highest BCUT2D eigenvalue weighted by molar-refractivity contribution is 6.32. The highest BCUT2D eigenvalue weighted by Crippen LogP contribution is 2.28. The minimum absolute atomic E-state index is 0.0275. The van der Waals surface area contributed by atoms with Gasteiger partial charge in [0.05, 0.1) is 31.5 Å². The number of anilines is 1. The van der Waals surface area contributed by atoms with Gasteiger partial charge >= 0.3 is 0 Å². The van der Waals surface area contributed by atoms with Gasteiger partial charge in [0.2, 0.25) is 5.91 Å². The Balaban J connectivity index is 1.34. The molecular weight excluding hydrogens is 406 g/mol. The van der Waals surface area contributed by atoms with E-state index in [0.29, 0.717) is 42.9 Å². The van der Waals surface area contributed by atoms with E-state index in [1.807, 2.05) is 18.2 Å². The van der Waals surface area contributed by atoms with E-state index in [2.05, 4.69) is 21.5 Å². The molecule has 1 N–H and O–H groups in total. The SMILES string of the molecule is N#CN1CC=C(c2ccc(CC(=O)Nc3cc(OC4COC4)c(Cl)cn3)cn2)CC1. The number of aromatic nitrogens is 2. The summed E-state index contributed by atoms with van der Waals surface area (Å²) in [6, 6.07) is 5.41. The molecule has 0 atom stereocenters. The molecule has 0 radical (unpaired) electrons. The van der Waals surface area contributed by atoms with Crippen LogP contribution in [0.5, 0.6) is 5.75 Å². The molecule has 0 aromatic carbocycles. The van der Waals surface area contributed by atoms with E-state index in [-0.39, 0.29) is 18.4 Å². The molecule has 8 nitrogen and oxygen atoms in total. The van der Waals surface area contributed by atoms with Crippen LogP contribution in [-0.4, -0.2) is 53.2 Å². The Morgan fingerprint density at radius 3 is 2.87 bits per heavy atom. The van der Waals surface area contributed by atoms with E-state index < -0.39 is 0 Å². The van der Waals surface area contributed by atoms with Gasteiger partial charge in [0.15, 0.2) is 6.19 Å². The number of halogens is 1. The van der Waals surface area contributed by atoms with Gasteiger partial charge in [-0.3, -0.25) is 9.78 Å². The van der Waals surface area contributed by atoms with Gasteiger partial charge in [-0.15, -0.1) is 0 Å². The average molecular weight is 426 g/mol. The fourth-order valence-electron chi connectivity index (χ4n) is 3.12. The molecule has 1 saturated heterocycles. The molecule has 30 heavy (non-hydrogen) atoms. The van der Waals surface area contributed by atoms with Crippen LogP contribution in [0.3, 0.4) is 0 Å². The van der Waals surface area contributed by atoms with Crippen LogP contribution in [-0.2, 0) is 16.0 Å². The van der Waals surface area contributed by atoms with Gasteiger partial charge < -0.3 is 19.7 Å². The van der Waals surface area contributed by atoms with Crippen molar-refractivity contribution >= 4 is 28.9 Å². The maximum absolute atomic E-state index is 12.4. The Morgan fingerprint density at radius 1 is 1.37 bits per heavy atom. The Labute approximate surface area is 179 Å². The fourth-order valence-corrected chi connectivity index (χ4v) is 3.27. The number of ether oxygens (including phenoxy) is 2. The van der Waals surface area contributed by atoms with Crippen molar-refractivity contribution in [1.29, 1.82) is 5.26 Å². The highest BCUT2D eigenvalue weighted by atomic mass is 35.5. The predicted octanol–water partition coefficient (Wildman–Crippen LogP) is 2.66. The average Bonchev–Trinajstić information content (AvgIpc) is 2.73. The van der Waals surface area contributed by atoms with Crippen LogP contribution in [0.2, 0.25) is 5.02 Å². The summed E-state index contributed by atoms with van der Waals surface area (Å²) >= 11 is 6.11. The molecule has 2 aromatic heterocycles. The number of nitrogens with one attached hydrogen (secondary N) is 1. The first-order chi connectivity index (χ1) is 14.6. The number of nitriles is 1. The van der Waals surface area contributed by atoms with E-state index in [0.717, 1.165) is 23.3 Å². The Kier molecular flexibility index (Phi) is 6.12. The van der Waals surface area contributed by atoms with Crippen molar-refractivity contribution in [2.24, 2.45) is 0 Å². The number of amides is 1. The molecule has 0 aliphatic carbocycles. The quantitative estimate of drug-likeness (QED) is 0.710. The number of hydrogen-bond donors (Lipinski definition) is 1. The minimum Gasteiger partial charge on any atom is -0.484 e. The van der Waals surface area contributed by atoms with Crippen molar-refractivity contribution in [2.45, 2.75) is 18.9 Å². The van der Waals surface area contributed by atoms with Crippen molar-refractivity contribution in [3.05, 3.63) is 52.9 Å². The van der Waals surface area contributed by atoms with Gasteiger partial charge in [-0.05, 0) is 23.6 Å². The van der Waals surface area contributed by atoms with E-state index in [4.69, 9.17) is 26.3 Å². The smallest absolute Gasteiger partial charge is 0.230 e. The molecule has 2 aliphatic heterocycles. The maximum Gasteiger partial charge on any atom is 0.230 e. The zero-order chi connectivity index (χ0) is 20.9. The number of hydrogen-bond acceptors (Lipinski definition) is 7. The first-order valence-corrected chi connectivity index (χ1v) is 9.97. The number of nitrogens with zero attached hydrogens (tertiary/aromatic N) is 4. The minimum atomic E-state index is -0.209. The summed E-state index contributed by atoms with van der Waals surface area (Å²) in [6.07, 6.45) is 8.24. The van der Waals surface area contributed by atoms with Gasteiger partial charge in [-0.2, -0.15) is 5.26 Å². The van der Waals surface area contributed by atoms with E-state index >= 15 is 0 Å². The molecule has 154 valence electrons. The number of rotatable bonds is 6. The summed E-state index contributed by atoms with van der Waals surface area (Å²) in [5, 5.41) is 12.1. The lowest BCUT2D eigenvalue weighted by molar-refractivity contribution is -0.115. The third-order valence-corrected chi connectivity index (χ3v) is 5.14. The lowest BCUT2D eigenvalue weighted by Gasteiger charge is -2.27. The van der Waals surface area contributed by atoms with Crippen molar-refractivity contribution in [2.75, 3.05) is 31.6 Å². The third kappa shape index (κ3) is 4.87. The number of carbonyl (C=O) groups is 1. The second-order valence-electron chi connectivity index (χ2n) is 7.08. The molecule has 1 amide bonds. The molecule has 1 fully saturated rings. The fraction of sp³-hybridized carbons (Fsp3) is 0.333. The zero-order valence-corrected chi connectivity index (χ0v) is 16.9. The Hall–Kier alpha value is -3.15. The van der Waals surface area contributed by atoms with Crippen LogP contribution in [0.4, 0.5) is 5.82 Å². The molecule has 4 heterocycles. The summed E-state index contributed by atoms with van der Waals surface area (Å²) in [5.41, 5.74) is 2.79. The first kappa shape index (κ1) is 20.1. The van der Waals surface area contributed by atoms with Crippen molar-refractivity contribution in [3.63, 3.8) is 0 Å². The van der Waals surface area contributed by atoms with Crippen molar-refractivity contribution < 1.29 is 14.3 Å². The van der Waals surface area contributed by atoms with E-state index in [1.54, 1.807) is 17.2 Å². The van der Waals surface area contributed by atoms with Crippen LogP contribution < -0.4 is 10.1 Å². The highest BCUT2D eigenvalue weighted by Gasteiger charge is 2.21. The molecule has 2 aromatic rings. The van der Waals surface area contributed by atoms with E-state index in [1.165, 1.54) is 6.20 Å². The predicted molar refractivity (Wildman–Crippen MR) is 111 cm³/mol. The van der Waals surface area contributed by atoms with Crippen molar-refractivity contribution in [1.82, 2.24) is 14.9 Å². The Morgan fingerprint density at radius 2 is 2.23 bits per heavy atom. The molecular formula is C21H20ClN5O3. The summed E-state index contributed by atoms with van der Waals surface area (Å²) in [7, 11) is 0. The van der Waals surface area contributed by atoms with Gasteiger partial charge in [0, 0.05) is 25.4 Å². The van der Waals surface area contributed by atoms with Gasteiger partial charge in [0.1, 0.15) is 22.7 Å². The lowest BCUT2D eigenvalue weighted by atomic mass is 10.0. The van der Waals surface area contributed by atoms with Crippen LogP contribution in [0.1, 0.15) is 17.7 Å². The standard InChI is InChI=1S/C21H20ClN5O3/c22-17-10-25-20(8-19(17)30-16-11-29-12-16)26-21(28)7-14-1-2-18(24-9-14)15-3-5-27(13-23)6-4-15/h1-3,8-10,16H,4-7,11-12H2,(H,25,26,28). The number of carbonyl (C=O) groups excluding carboxylic acids is 1. The largest absolute Gasteiger partial charge is 0.484 e. The molecule has 0 saturated carbocycles. The summed E-state index contributed by atoms with van der Waals surface area (Å²) in [5.74, 6) is 0.634. The zero-order valence-electron chi connectivity index (χ0n) is 16.2. The van der Waals surface area contributed by atoms with Crippen LogP contribution >= 0.6 is 11.6 Å².